The lowest BCUT2D eigenvalue weighted by atomic mass is 10.2. The first kappa shape index (κ1) is 14.2. The lowest BCUT2D eigenvalue weighted by Crippen LogP contribution is -2.24. The molecule has 0 aromatic carbocycles. The van der Waals surface area contributed by atoms with Gasteiger partial charge >= 0.3 is 5.97 Å². The standard InChI is InChI=1S/C12H19N3O3/c1-5-10(12(17)18-6-2)15-8-7-9(13-15)11(16)14(3)4/h7-8,10H,5-6H2,1-4H3. The Labute approximate surface area is 107 Å². The summed E-state index contributed by atoms with van der Waals surface area (Å²) in [4.78, 5) is 24.8. The normalized spacial score (nSPS) is 12.0. The summed E-state index contributed by atoms with van der Waals surface area (Å²) < 4.78 is 6.45. The molecule has 6 heteroatoms. The molecule has 0 aliphatic rings. The number of aromatic nitrogens is 2. The fourth-order valence-corrected chi connectivity index (χ4v) is 1.55. The number of hydrogen-bond acceptors (Lipinski definition) is 4. The number of carbonyl (C=O) groups excluding carboxylic acids is 2. The summed E-state index contributed by atoms with van der Waals surface area (Å²) in [5.74, 6) is -0.514. The molecule has 1 heterocycles. The van der Waals surface area contributed by atoms with Crippen LogP contribution in [-0.4, -0.2) is 47.3 Å². The first-order valence-electron chi connectivity index (χ1n) is 5.94. The van der Waals surface area contributed by atoms with Gasteiger partial charge in [-0.05, 0) is 19.4 Å². The minimum absolute atomic E-state index is 0.188. The summed E-state index contributed by atoms with van der Waals surface area (Å²) in [6.45, 7) is 3.96. The van der Waals surface area contributed by atoms with E-state index in [0.29, 0.717) is 18.7 Å². The molecule has 0 radical (unpaired) electrons. The van der Waals surface area contributed by atoms with Gasteiger partial charge in [0.25, 0.3) is 5.91 Å². The summed E-state index contributed by atoms with van der Waals surface area (Å²) in [6, 6.07) is 1.12. The van der Waals surface area contributed by atoms with Crippen molar-refractivity contribution in [1.29, 1.82) is 0 Å². The maximum atomic E-state index is 11.7. The predicted molar refractivity (Wildman–Crippen MR) is 66.2 cm³/mol. The van der Waals surface area contributed by atoms with E-state index in [1.54, 1.807) is 33.3 Å². The van der Waals surface area contributed by atoms with Crippen molar-refractivity contribution in [2.24, 2.45) is 0 Å². The third-order valence-electron chi connectivity index (χ3n) is 2.50. The highest BCUT2D eigenvalue weighted by Gasteiger charge is 2.22. The summed E-state index contributed by atoms with van der Waals surface area (Å²) in [6.07, 6.45) is 2.19. The molecule has 1 aromatic rings. The van der Waals surface area contributed by atoms with Crippen LogP contribution in [0.25, 0.3) is 0 Å². The van der Waals surface area contributed by atoms with Gasteiger partial charge in [-0.25, -0.2) is 4.79 Å². The molecule has 0 bridgehead atoms. The second-order valence-electron chi connectivity index (χ2n) is 4.06. The zero-order valence-electron chi connectivity index (χ0n) is 11.2. The lowest BCUT2D eigenvalue weighted by molar-refractivity contribution is -0.147. The Kier molecular flexibility index (Phi) is 4.88. The zero-order chi connectivity index (χ0) is 13.7. The fraction of sp³-hybridized carbons (Fsp3) is 0.583. The largest absolute Gasteiger partial charge is 0.464 e. The van der Waals surface area contributed by atoms with E-state index in [0.717, 1.165) is 0 Å². The van der Waals surface area contributed by atoms with Crippen LogP contribution >= 0.6 is 0 Å². The van der Waals surface area contributed by atoms with E-state index in [1.165, 1.54) is 9.58 Å². The van der Waals surface area contributed by atoms with Gasteiger partial charge in [0.15, 0.2) is 0 Å². The summed E-state index contributed by atoms with van der Waals surface area (Å²) in [5, 5.41) is 4.13. The quantitative estimate of drug-likeness (QED) is 0.737. The average Bonchev–Trinajstić information content (AvgIpc) is 2.78. The second kappa shape index (κ2) is 6.18. The molecule has 1 amide bonds. The van der Waals surface area contributed by atoms with Crippen LogP contribution in [-0.2, 0) is 9.53 Å². The maximum Gasteiger partial charge on any atom is 0.330 e. The third kappa shape index (κ3) is 3.09. The van der Waals surface area contributed by atoms with E-state index in [2.05, 4.69) is 5.10 Å². The van der Waals surface area contributed by atoms with E-state index in [9.17, 15) is 9.59 Å². The minimum atomic E-state index is -0.478. The van der Waals surface area contributed by atoms with Crippen molar-refractivity contribution < 1.29 is 14.3 Å². The highest BCUT2D eigenvalue weighted by atomic mass is 16.5. The number of nitrogens with zero attached hydrogens (tertiary/aromatic N) is 3. The molecular weight excluding hydrogens is 234 g/mol. The molecule has 18 heavy (non-hydrogen) atoms. The van der Waals surface area contributed by atoms with Gasteiger partial charge in [-0.3, -0.25) is 9.48 Å². The first-order chi connectivity index (χ1) is 8.51. The molecule has 1 unspecified atom stereocenters. The van der Waals surface area contributed by atoms with Crippen molar-refractivity contribution in [3.05, 3.63) is 18.0 Å². The number of hydrogen-bond donors (Lipinski definition) is 0. The molecule has 1 aromatic heterocycles. The number of amides is 1. The molecule has 0 aliphatic carbocycles. The average molecular weight is 253 g/mol. The first-order valence-corrected chi connectivity index (χ1v) is 5.94. The second-order valence-corrected chi connectivity index (χ2v) is 4.06. The van der Waals surface area contributed by atoms with Crippen LogP contribution < -0.4 is 0 Å². The van der Waals surface area contributed by atoms with Gasteiger partial charge in [0.2, 0.25) is 0 Å². The molecule has 0 N–H and O–H groups in total. The Morgan fingerprint density at radius 1 is 1.44 bits per heavy atom. The van der Waals surface area contributed by atoms with E-state index in [4.69, 9.17) is 4.74 Å². The van der Waals surface area contributed by atoms with Crippen molar-refractivity contribution in [2.75, 3.05) is 20.7 Å². The van der Waals surface area contributed by atoms with Crippen molar-refractivity contribution in [2.45, 2.75) is 26.3 Å². The van der Waals surface area contributed by atoms with Crippen LogP contribution in [0.2, 0.25) is 0 Å². The van der Waals surface area contributed by atoms with Crippen LogP contribution in [0.15, 0.2) is 12.3 Å². The number of esters is 1. The van der Waals surface area contributed by atoms with E-state index in [1.807, 2.05) is 6.92 Å². The topological polar surface area (TPSA) is 64.4 Å². The summed E-state index contributed by atoms with van der Waals surface area (Å²) in [7, 11) is 3.31. The molecule has 100 valence electrons. The summed E-state index contributed by atoms with van der Waals surface area (Å²) >= 11 is 0. The number of ether oxygens (including phenoxy) is 1. The van der Waals surface area contributed by atoms with Crippen molar-refractivity contribution in [3.63, 3.8) is 0 Å². The Morgan fingerprint density at radius 3 is 2.61 bits per heavy atom. The smallest absolute Gasteiger partial charge is 0.330 e. The predicted octanol–water partition coefficient (Wildman–Crippen LogP) is 1.10. The Morgan fingerprint density at radius 2 is 2.11 bits per heavy atom. The van der Waals surface area contributed by atoms with Crippen molar-refractivity contribution in [3.8, 4) is 0 Å². The molecular formula is C12H19N3O3. The lowest BCUT2D eigenvalue weighted by Gasteiger charge is -2.14. The van der Waals surface area contributed by atoms with Gasteiger partial charge < -0.3 is 9.64 Å². The molecule has 0 aliphatic heterocycles. The third-order valence-corrected chi connectivity index (χ3v) is 2.50. The van der Waals surface area contributed by atoms with Crippen LogP contribution in [0.5, 0.6) is 0 Å². The molecule has 6 nitrogen and oxygen atoms in total. The Hall–Kier alpha value is -1.85. The van der Waals surface area contributed by atoms with Crippen molar-refractivity contribution in [1.82, 2.24) is 14.7 Å². The van der Waals surface area contributed by atoms with Gasteiger partial charge in [0.1, 0.15) is 11.7 Å². The number of rotatable bonds is 5. The van der Waals surface area contributed by atoms with Gasteiger partial charge in [0, 0.05) is 20.3 Å². The van der Waals surface area contributed by atoms with Gasteiger partial charge in [0.05, 0.1) is 6.61 Å². The van der Waals surface area contributed by atoms with Crippen LogP contribution in [0.1, 0.15) is 36.8 Å². The van der Waals surface area contributed by atoms with E-state index >= 15 is 0 Å². The summed E-state index contributed by atoms with van der Waals surface area (Å²) in [5.41, 5.74) is 0.322. The minimum Gasteiger partial charge on any atom is -0.464 e. The maximum absolute atomic E-state index is 11.7. The van der Waals surface area contributed by atoms with Crippen LogP contribution in [0, 0.1) is 0 Å². The molecule has 0 saturated heterocycles. The Balaban J connectivity index is 2.89. The SMILES string of the molecule is CCOC(=O)C(CC)n1ccc(C(=O)N(C)C)n1. The van der Waals surface area contributed by atoms with Crippen molar-refractivity contribution >= 4 is 11.9 Å². The monoisotopic (exact) mass is 253 g/mol. The zero-order valence-corrected chi connectivity index (χ0v) is 11.2. The molecule has 1 atom stereocenters. The molecule has 0 saturated carbocycles. The fourth-order valence-electron chi connectivity index (χ4n) is 1.55. The van der Waals surface area contributed by atoms with Crippen LogP contribution in [0.4, 0.5) is 0 Å². The molecule has 0 fully saturated rings. The van der Waals surface area contributed by atoms with E-state index < -0.39 is 6.04 Å². The Bertz CT molecular complexity index is 426. The van der Waals surface area contributed by atoms with Gasteiger partial charge in [-0.2, -0.15) is 5.10 Å². The molecule has 0 spiro atoms. The number of carbonyl (C=O) groups is 2. The highest BCUT2D eigenvalue weighted by molar-refractivity contribution is 5.91. The van der Waals surface area contributed by atoms with E-state index in [-0.39, 0.29) is 11.9 Å². The highest BCUT2D eigenvalue weighted by Crippen LogP contribution is 2.13. The van der Waals surface area contributed by atoms with Gasteiger partial charge in [-0.1, -0.05) is 6.92 Å². The molecule has 1 rings (SSSR count). The van der Waals surface area contributed by atoms with Gasteiger partial charge in [-0.15, -0.1) is 0 Å². The van der Waals surface area contributed by atoms with Crippen LogP contribution in [0.3, 0.4) is 0 Å².